The van der Waals surface area contributed by atoms with Gasteiger partial charge in [-0.3, -0.25) is 4.90 Å². The van der Waals surface area contributed by atoms with Gasteiger partial charge in [0.1, 0.15) is 24.0 Å². The van der Waals surface area contributed by atoms with Crippen molar-refractivity contribution in [3.05, 3.63) is 53.1 Å². The molecule has 2 heterocycles. The first-order valence-electron chi connectivity index (χ1n) is 10.6. The fourth-order valence-corrected chi connectivity index (χ4v) is 3.88. The summed E-state index contributed by atoms with van der Waals surface area (Å²) in [5, 5.41) is 10.5. The van der Waals surface area contributed by atoms with Crippen LogP contribution in [0.25, 0.3) is 0 Å². The van der Waals surface area contributed by atoms with E-state index in [4.69, 9.17) is 23.7 Å². The van der Waals surface area contributed by atoms with Crippen LogP contribution in [-0.2, 0) is 22.5 Å². The molecule has 2 aromatic carbocycles. The van der Waals surface area contributed by atoms with E-state index in [1.807, 2.05) is 57.2 Å². The van der Waals surface area contributed by atoms with Crippen molar-refractivity contribution in [2.75, 3.05) is 20.4 Å². The van der Waals surface area contributed by atoms with Crippen LogP contribution in [-0.4, -0.2) is 48.4 Å². The molecule has 4 rings (SSSR count). The summed E-state index contributed by atoms with van der Waals surface area (Å²) in [5.74, 6) is 2.16. The molecule has 1 amide bonds. The summed E-state index contributed by atoms with van der Waals surface area (Å²) in [7, 11) is 1.41. The van der Waals surface area contributed by atoms with Crippen molar-refractivity contribution in [2.24, 2.45) is 0 Å². The molecule has 0 saturated carbocycles. The second-order valence-electron chi connectivity index (χ2n) is 8.83. The van der Waals surface area contributed by atoms with Gasteiger partial charge in [0.25, 0.3) is 0 Å². The summed E-state index contributed by atoms with van der Waals surface area (Å²) < 4.78 is 27.5. The minimum Gasteiger partial charge on any atom is -0.489 e. The number of ether oxygens (including phenoxy) is 5. The Morgan fingerprint density at radius 3 is 2.72 bits per heavy atom. The lowest BCUT2D eigenvalue weighted by Crippen LogP contribution is -2.47. The van der Waals surface area contributed by atoms with Crippen molar-refractivity contribution in [1.82, 2.24) is 4.90 Å². The first-order chi connectivity index (χ1) is 15.2. The highest BCUT2D eigenvalue weighted by atomic mass is 16.7. The van der Waals surface area contributed by atoms with Crippen molar-refractivity contribution >= 4 is 6.09 Å². The number of benzene rings is 2. The topological polar surface area (TPSA) is 86.7 Å². The number of aliphatic hydroxyl groups is 1. The lowest BCUT2D eigenvalue weighted by atomic mass is 9.92. The Hall–Kier alpha value is -2.97. The van der Waals surface area contributed by atoms with E-state index in [9.17, 15) is 9.90 Å². The fraction of sp³-hybridized carbons (Fsp3) is 0.458. The van der Waals surface area contributed by atoms with Gasteiger partial charge in [0.2, 0.25) is 6.79 Å². The average Bonchev–Trinajstić information content (AvgIpc) is 3.22. The Morgan fingerprint density at radius 2 is 1.97 bits per heavy atom. The van der Waals surface area contributed by atoms with Gasteiger partial charge >= 0.3 is 6.09 Å². The second-order valence-corrected chi connectivity index (χ2v) is 8.83. The van der Waals surface area contributed by atoms with Gasteiger partial charge in [0.15, 0.2) is 17.8 Å². The summed E-state index contributed by atoms with van der Waals surface area (Å²) in [5.41, 5.74) is 2.14. The average molecular weight is 443 g/mol. The number of rotatable bonds is 5. The Bertz CT molecular complexity index is 985. The molecule has 8 nitrogen and oxygen atoms in total. The smallest absolute Gasteiger partial charge is 0.410 e. The molecule has 8 heteroatoms. The van der Waals surface area contributed by atoms with Crippen molar-refractivity contribution < 1.29 is 33.6 Å². The number of hydrogen-bond donors (Lipinski definition) is 1. The van der Waals surface area contributed by atoms with Gasteiger partial charge in [-0.25, -0.2) is 4.79 Å². The van der Waals surface area contributed by atoms with Crippen molar-refractivity contribution in [3.8, 4) is 17.2 Å². The van der Waals surface area contributed by atoms with E-state index in [-0.39, 0.29) is 6.79 Å². The molecule has 172 valence electrons. The molecule has 1 unspecified atom stereocenters. The van der Waals surface area contributed by atoms with E-state index >= 15 is 0 Å². The lowest BCUT2D eigenvalue weighted by molar-refractivity contribution is -0.128. The maximum Gasteiger partial charge on any atom is 0.410 e. The van der Waals surface area contributed by atoms with Gasteiger partial charge in [-0.1, -0.05) is 12.1 Å². The number of fused-ring (bicyclic) bond motifs is 2. The van der Waals surface area contributed by atoms with Crippen LogP contribution in [0.3, 0.4) is 0 Å². The Labute approximate surface area is 187 Å². The SMILES string of the molecule is COC(O)[C@H]1c2ccc(OCc3ccc4c(c3)OCO4)cc2CCN1C(=O)OC(C)(C)C. The van der Waals surface area contributed by atoms with Crippen LogP contribution >= 0.6 is 0 Å². The summed E-state index contributed by atoms with van der Waals surface area (Å²) in [6.45, 7) is 6.46. The molecule has 1 N–H and O–H groups in total. The molecule has 32 heavy (non-hydrogen) atoms. The van der Waals surface area contributed by atoms with Crippen molar-refractivity contribution in [1.29, 1.82) is 0 Å². The standard InChI is InChI=1S/C24H29NO7/c1-24(2,3)32-23(27)25-10-9-16-12-17(6-7-18(16)21(25)22(26)28-4)29-13-15-5-8-19-20(11-15)31-14-30-19/h5-8,11-12,21-22,26H,9-10,13-14H2,1-4H3/t21-,22?/m1/s1. The Morgan fingerprint density at radius 1 is 1.19 bits per heavy atom. The van der Waals surface area contributed by atoms with Crippen LogP contribution in [0.5, 0.6) is 17.2 Å². The number of carbonyl (C=O) groups excluding carboxylic acids is 1. The van der Waals surface area contributed by atoms with Crippen LogP contribution < -0.4 is 14.2 Å². The van der Waals surface area contributed by atoms with E-state index in [1.165, 1.54) is 12.0 Å². The molecule has 2 atom stereocenters. The number of methoxy groups -OCH3 is 1. The van der Waals surface area contributed by atoms with Gasteiger partial charge in [0, 0.05) is 13.7 Å². The van der Waals surface area contributed by atoms with E-state index < -0.39 is 24.0 Å². The fourth-order valence-electron chi connectivity index (χ4n) is 3.88. The van der Waals surface area contributed by atoms with Crippen LogP contribution in [0, 0.1) is 0 Å². The van der Waals surface area contributed by atoms with Crippen molar-refractivity contribution in [3.63, 3.8) is 0 Å². The molecule has 0 radical (unpaired) electrons. The molecule has 0 spiro atoms. The lowest BCUT2D eigenvalue weighted by Gasteiger charge is -2.39. The van der Waals surface area contributed by atoms with Gasteiger partial charge in [0.05, 0.1) is 0 Å². The van der Waals surface area contributed by atoms with Crippen LogP contribution in [0.1, 0.15) is 43.5 Å². The zero-order valence-corrected chi connectivity index (χ0v) is 18.8. The van der Waals surface area contributed by atoms with Crippen LogP contribution in [0.15, 0.2) is 36.4 Å². The maximum absolute atomic E-state index is 12.8. The van der Waals surface area contributed by atoms with Crippen LogP contribution in [0.2, 0.25) is 0 Å². The predicted molar refractivity (Wildman–Crippen MR) is 116 cm³/mol. The third-order valence-electron chi connectivity index (χ3n) is 5.37. The van der Waals surface area contributed by atoms with E-state index in [0.717, 1.165) is 28.2 Å². The molecule has 0 aromatic heterocycles. The normalized spacial score (nSPS) is 18.2. The third-order valence-corrected chi connectivity index (χ3v) is 5.37. The largest absolute Gasteiger partial charge is 0.489 e. The van der Waals surface area contributed by atoms with Gasteiger partial charge < -0.3 is 28.8 Å². The number of amides is 1. The molecule has 2 aliphatic rings. The number of nitrogens with zero attached hydrogens (tertiary/aromatic N) is 1. The summed E-state index contributed by atoms with van der Waals surface area (Å²) in [6, 6.07) is 10.7. The molecule has 0 fully saturated rings. The quantitative estimate of drug-likeness (QED) is 0.704. The molecule has 2 aromatic rings. The van der Waals surface area contributed by atoms with Crippen molar-refractivity contribution in [2.45, 2.75) is 51.7 Å². The highest BCUT2D eigenvalue weighted by molar-refractivity contribution is 5.69. The number of hydrogen-bond acceptors (Lipinski definition) is 7. The molecule has 0 saturated heterocycles. The monoisotopic (exact) mass is 443 g/mol. The van der Waals surface area contributed by atoms with E-state index in [2.05, 4.69) is 0 Å². The Kier molecular flexibility index (Phi) is 6.17. The zero-order valence-electron chi connectivity index (χ0n) is 18.8. The third kappa shape index (κ3) is 4.76. The molecular weight excluding hydrogens is 414 g/mol. The summed E-state index contributed by atoms with van der Waals surface area (Å²) in [4.78, 5) is 14.3. The summed E-state index contributed by atoms with van der Waals surface area (Å²) >= 11 is 0. The van der Waals surface area contributed by atoms with Gasteiger partial charge in [-0.15, -0.1) is 0 Å². The first-order valence-corrected chi connectivity index (χ1v) is 10.6. The highest BCUT2D eigenvalue weighted by Gasteiger charge is 2.38. The molecule has 0 bridgehead atoms. The minimum absolute atomic E-state index is 0.235. The molecule has 2 aliphatic heterocycles. The number of carbonyl (C=O) groups is 1. The Balaban J connectivity index is 1.51. The van der Waals surface area contributed by atoms with Gasteiger partial charge in [-0.2, -0.15) is 0 Å². The predicted octanol–water partition coefficient (Wildman–Crippen LogP) is 3.79. The maximum atomic E-state index is 12.8. The molecular formula is C24H29NO7. The number of aliphatic hydroxyl groups excluding tert-OH is 1. The zero-order chi connectivity index (χ0) is 22.9. The highest BCUT2D eigenvalue weighted by Crippen LogP contribution is 2.36. The summed E-state index contributed by atoms with van der Waals surface area (Å²) in [6.07, 6.45) is -1.04. The first kappa shape index (κ1) is 22.2. The molecule has 0 aliphatic carbocycles. The van der Waals surface area contributed by atoms with E-state index in [1.54, 1.807) is 0 Å². The van der Waals surface area contributed by atoms with Crippen LogP contribution in [0.4, 0.5) is 4.79 Å². The van der Waals surface area contributed by atoms with E-state index in [0.29, 0.717) is 25.3 Å². The van der Waals surface area contributed by atoms with Gasteiger partial charge in [-0.05, 0) is 68.1 Å². The second kappa shape index (κ2) is 8.88. The minimum atomic E-state index is -1.18.